The van der Waals surface area contributed by atoms with Crippen LogP contribution in [0.4, 0.5) is 23.7 Å². The Morgan fingerprint density at radius 1 is 1.22 bits per heavy atom. The van der Waals surface area contributed by atoms with E-state index in [4.69, 9.17) is 0 Å². The van der Waals surface area contributed by atoms with Gasteiger partial charge in [-0.05, 0) is 18.6 Å². The summed E-state index contributed by atoms with van der Waals surface area (Å²) < 4.78 is 39.5. The SMILES string of the molecule is CN(CC(=O)Nc1ccc(F)c(F)c1F)C(=O)CCCN1C(=O)CNC1=O. The minimum absolute atomic E-state index is 0.0274. The molecular weight excluding hydrogens is 369 g/mol. The van der Waals surface area contributed by atoms with Crippen LogP contribution >= 0.6 is 0 Å². The number of nitrogens with zero attached hydrogens (tertiary/aromatic N) is 2. The predicted molar refractivity (Wildman–Crippen MR) is 86.9 cm³/mol. The summed E-state index contributed by atoms with van der Waals surface area (Å²) >= 11 is 0. The van der Waals surface area contributed by atoms with E-state index in [0.29, 0.717) is 6.07 Å². The number of urea groups is 1. The smallest absolute Gasteiger partial charge is 0.324 e. The quantitative estimate of drug-likeness (QED) is 0.536. The number of anilines is 1. The lowest BCUT2D eigenvalue weighted by atomic mass is 10.2. The standard InChI is InChI=1S/C16H17F3N4O4/c1-22(12(25)3-2-6-23-13(26)7-20-16(23)27)8-11(24)21-10-5-4-9(17)14(18)15(10)19/h4-5H,2-3,6-8H2,1H3,(H,20,27)(H,21,24). The number of amides is 5. The van der Waals surface area contributed by atoms with Gasteiger partial charge in [-0.3, -0.25) is 19.3 Å². The summed E-state index contributed by atoms with van der Waals surface area (Å²) in [4.78, 5) is 48.6. The topological polar surface area (TPSA) is 98.8 Å². The summed E-state index contributed by atoms with van der Waals surface area (Å²) in [5.41, 5.74) is -0.543. The molecule has 1 fully saturated rings. The van der Waals surface area contributed by atoms with Crippen LogP contribution in [0.5, 0.6) is 0 Å². The van der Waals surface area contributed by atoms with Crippen LogP contribution in [0.1, 0.15) is 12.8 Å². The minimum atomic E-state index is -1.71. The Balaban J connectivity index is 1.80. The van der Waals surface area contributed by atoms with Gasteiger partial charge in [-0.2, -0.15) is 0 Å². The zero-order valence-electron chi connectivity index (χ0n) is 14.4. The molecule has 1 aliphatic rings. The molecule has 2 N–H and O–H groups in total. The monoisotopic (exact) mass is 386 g/mol. The molecule has 1 saturated heterocycles. The normalized spacial score (nSPS) is 13.6. The summed E-state index contributed by atoms with van der Waals surface area (Å²) in [5.74, 6) is -6.26. The molecule has 0 spiro atoms. The number of carbonyl (C=O) groups excluding carboxylic acids is 4. The van der Waals surface area contributed by atoms with Crippen molar-refractivity contribution in [3.63, 3.8) is 0 Å². The van der Waals surface area contributed by atoms with Crippen LogP contribution in [-0.4, -0.2) is 60.2 Å². The fraction of sp³-hybridized carbons (Fsp3) is 0.375. The second kappa shape index (κ2) is 8.52. The molecule has 0 aromatic heterocycles. The number of benzene rings is 1. The van der Waals surface area contributed by atoms with Crippen molar-refractivity contribution >= 4 is 29.4 Å². The molecule has 5 amide bonds. The molecule has 1 heterocycles. The summed E-state index contributed by atoms with van der Waals surface area (Å²) in [6.45, 7) is -0.454. The van der Waals surface area contributed by atoms with Gasteiger partial charge in [-0.1, -0.05) is 0 Å². The number of carbonyl (C=O) groups is 4. The third-order valence-electron chi connectivity index (χ3n) is 3.83. The molecule has 8 nitrogen and oxygen atoms in total. The van der Waals surface area contributed by atoms with Crippen LogP contribution in [0.25, 0.3) is 0 Å². The fourth-order valence-electron chi connectivity index (χ4n) is 2.38. The second-order valence-electron chi connectivity index (χ2n) is 5.83. The molecular formula is C16H17F3N4O4. The molecule has 146 valence electrons. The highest BCUT2D eigenvalue weighted by molar-refractivity contribution is 6.02. The van der Waals surface area contributed by atoms with Crippen LogP contribution in [0.15, 0.2) is 12.1 Å². The maximum absolute atomic E-state index is 13.5. The lowest BCUT2D eigenvalue weighted by Gasteiger charge is -2.18. The van der Waals surface area contributed by atoms with Gasteiger partial charge >= 0.3 is 6.03 Å². The van der Waals surface area contributed by atoms with E-state index in [1.54, 1.807) is 0 Å². The van der Waals surface area contributed by atoms with Crippen LogP contribution in [0.3, 0.4) is 0 Å². The summed E-state index contributed by atoms with van der Waals surface area (Å²) in [5, 5.41) is 4.41. The Labute approximate surface area is 152 Å². The molecule has 1 aromatic rings. The van der Waals surface area contributed by atoms with Crippen LogP contribution in [0, 0.1) is 17.5 Å². The van der Waals surface area contributed by atoms with Crippen molar-refractivity contribution in [2.45, 2.75) is 12.8 Å². The van der Waals surface area contributed by atoms with Crippen LogP contribution in [-0.2, 0) is 14.4 Å². The average molecular weight is 386 g/mol. The molecule has 0 unspecified atom stereocenters. The Morgan fingerprint density at radius 3 is 2.56 bits per heavy atom. The van der Waals surface area contributed by atoms with Crippen molar-refractivity contribution < 1.29 is 32.3 Å². The summed E-state index contributed by atoms with van der Waals surface area (Å²) in [6.07, 6.45) is 0.183. The van der Waals surface area contributed by atoms with E-state index in [0.717, 1.165) is 15.9 Å². The van der Waals surface area contributed by atoms with Gasteiger partial charge in [0.05, 0.1) is 18.8 Å². The second-order valence-corrected chi connectivity index (χ2v) is 5.83. The van der Waals surface area contributed by atoms with Gasteiger partial charge in [0.25, 0.3) is 0 Å². The maximum Gasteiger partial charge on any atom is 0.324 e. The number of imide groups is 1. The maximum atomic E-state index is 13.5. The van der Waals surface area contributed by atoms with Crippen molar-refractivity contribution in [2.24, 2.45) is 0 Å². The zero-order valence-corrected chi connectivity index (χ0v) is 14.4. The van der Waals surface area contributed by atoms with Crippen molar-refractivity contribution in [1.82, 2.24) is 15.1 Å². The Kier molecular flexibility index (Phi) is 6.37. The molecule has 0 bridgehead atoms. The molecule has 0 aliphatic carbocycles. The number of halogens is 3. The third kappa shape index (κ3) is 4.96. The fourth-order valence-corrected chi connectivity index (χ4v) is 2.38. The minimum Gasteiger partial charge on any atom is -0.336 e. The molecule has 0 atom stereocenters. The lowest BCUT2D eigenvalue weighted by molar-refractivity contribution is -0.133. The predicted octanol–water partition coefficient (Wildman–Crippen LogP) is 0.833. The Morgan fingerprint density at radius 2 is 1.93 bits per heavy atom. The van der Waals surface area contributed by atoms with E-state index < -0.39 is 47.5 Å². The number of nitrogens with one attached hydrogen (secondary N) is 2. The first-order valence-electron chi connectivity index (χ1n) is 7.96. The lowest BCUT2D eigenvalue weighted by Crippen LogP contribution is -2.36. The first-order valence-corrected chi connectivity index (χ1v) is 7.96. The largest absolute Gasteiger partial charge is 0.336 e. The van der Waals surface area contributed by atoms with E-state index in [1.807, 2.05) is 0 Å². The van der Waals surface area contributed by atoms with E-state index >= 15 is 0 Å². The molecule has 1 aliphatic heterocycles. The Bertz CT molecular complexity index is 771. The third-order valence-corrected chi connectivity index (χ3v) is 3.83. The van der Waals surface area contributed by atoms with Gasteiger partial charge in [-0.25, -0.2) is 18.0 Å². The molecule has 11 heteroatoms. The van der Waals surface area contributed by atoms with Gasteiger partial charge < -0.3 is 15.5 Å². The molecule has 0 saturated carbocycles. The van der Waals surface area contributed by atoms with Crippen LogP contribution < -0.4 is 10.6 Å². The van der Waals surface area contributed by atoms with E-state index in [9.17, 15) is 32.3 Å². The highest BCUT2D eigenvalue weighted by atomic mass is 19.2. The van der Waals surface area contributed by atoms with Gasteiger partial charge in [0, 0.05) is 20.0 Å². The van der Waals surface area contributed by atoms with Crippen molar-refractivity contribution in [1.29, 1.82) is 0 Å². The highest BCUT2D eigenvalue weighted by Gasteiger charge is 2.28. The summed E-state index contributed by atoms with van der Waals surface area (Å²) in [6, 6.07) is 1.01. The van der Waals surface area contributed by atoms with E-state index in [1.165, 1.54) is 7.05 Å². The van der Waals surface area contributed by atoms with Crippen LogP contribution in [0.2, 0.25) is 0 Å². The van der Waals surface area contributed by atoms with E-state index in [2.05, 4.69) is 10.6 Å². The van der Waals surface area contributed by atoms with Gasteiger partial charge in [0.2, 0.25) is 17.7 Å². The zero-order chi connectivity index (χ0) is 20.1. The number of rotatable bonds is 7. The molecule has 1 aromatic carbocycles. The van der Waals surface area contributed by atoms with Gasteiger partial charge in [-0.15, -0.1) is 0 Å². The molecule has 2 rings (SSSR count). The average Bonchev–Trinajstić information content (AvgIpc) is 2.94. The Hall–Kier alpha value is -3.11. The van der Waals surface area contributed by atoms with Crippen molar-refractivity contribution in [3.8, 4) is 0 Å². The van der Waals surface area contributed by atoms with E-state index in [-0.39, 0.29) is 31.8 Å². The number of likely N-dealkylation sites (N-methyl/N-ethyl adjacent to an activating group) is 1. The molecule has 0 radical (unpaired) electrons. The first-order chi connectivity index (χ1) is 12.7. The summed E-state index contributed by atoms with van der Waals surface area (Å²) in [7, 11) is 1.33. The van der Waals surface area contributed by atoms with Gasteiger partial charge in [0.1, 0.15) is 0 Å². The number of hydrogen-bond acceptors (Lipinski definition) is 4. The van der Waals surface area contributed by atoms with Crippen molar-refractivity contribution in [3.05, 3.63) is 29.6 Å². The molecule has 27 heavy (non-hydrogen) atoms. The highest BCUT2D eigenvalue weighted by Crippen LogP contribution is 2.19. The number of hydrogen-bond donors (Lipinski definition) is 2. The van der Waals surface area contributed by atoms with Gasteiger partial charge in [0.15, 0.2) is 17.5 Å². The first kappa shape index (κ1) is 20.2. The van der Waals surface area contributed by atoms with Crippen molar-refractivity contribution in [2.75, 3.05) is 32.0 Å².